The third-order valence-electron chi connectivity index (χ3n) is 3.44. The Hall–Kier alpha value is 0.0669. The molecule has 1 saturated heterocycles. The quantitative estimate of drug-likeness (QED) is 0.453. The predicted octanol–water partition coefficient (Wildman–Crippen LogP) is 4.34. The first-order chi connectivity index (χ1) is 9.04. The van der Waals surface area contributed by atoms with Crippen LogP contribution in [-0.4, -0.2) is 30.4 Å². The highest BCUT2D eigenvalue weighted by Gasteiger charge is 2.79. The molecule has 2 nitrogen and oxygen atoms in total. The van der Waals surface area contributed by atoms with E-state index >= 15 is 0 Å². The zero-order chi connectivity index (χ0) is 13.9. The molecule has 6 heteroatoms. The van der Waals surface area contributed by atoms with E-state index in [2.05, 4.69) is 5.32 Å². The topological polar surface area (TPSA) is 21.3 Å². The summed E-state index contributed by atoms with van der Waals surface area (Å²) in [6.07, 6.45) is 0.964. The van der Waals surface area contributed by atoms with E-state index in [9.17, 15) is 0 Å². The summed E-state index contributed by atoms with van der Waals surface area (Å²) < 4.78 is 5.01. The van der Waals surface area contributed by atoms with E-state index in [0.717, 1.165) is 24.7 Å². The fraction of sp³-hybridized carbons (Fsp3) is 0.538. The van der Waals surface area contributed by atoms with Crippen LogP contribution in [0.2, 0.25) is 6.04 Å². The number of para-hydroxylation sites is 1. The Bertz CT molecular complexity index is 418. The van der Waals surface area contributed by atoms with Crippen LogP contribution in [-0.2, 0) is 4.43 Å². The zero-order valence-corrected chi connectivity index (χ0v) is 14.1. The van der Waals surface area contributed by atoms with Crippen molar-refractivity contribution in [2.24, 2.45) is 0 Å². The van der Waals surface area contributed by atoms with Gasteiger partial charge in [-0.05, 0) is 31.5 Å². The fourth-order valence-corrected chi connectivity index (χ4v) is 9.89. The van der Waals surface area contributed by atoms with Gasteiger partial charge < -0.3 is 9.74 Å². The maximum Gasteiger partial charge on any atom is 0.251 e. The number of hydrogen-bond donors (Lipinski definition) is 1. The van der Waals surface area contributed by atoms with E-state index in [1.54, 1.807) is 0 Å². The van der Waals surface area contributed by atoms with E-state index in [0.29, 0.717) is 6.61 Å². The Balaban J connectivity index is 1.79. The lowest BCUT2D eigenvalue weighted by molar-refractivity contribution is 0.337. The highest BCUT2D eigenvalue weighted by Crippen LogP contribution is 2.60. The minimum atomic E-state index is -2.17. The standard InChI is InChI=1S/C13H18Cl3NOSi/c1-2-18-19(12(14)13(19,15)16)10-6-9-17-11-7-4-3-5-8-11/h3-5,7-8,12,17H,2,6,9-10H2,1H3. The van der Waals surface area contributed by atoms with E-state index in [1.807, 2.05) is 37.3 Å². The van der Waals surface area contributed by atoms with E-state index in [1.165, 1.54) is 0 Å². The molecule has 0 saturated carbocycles. The molecule has 0 aliphatic carbocycles. The van der Waals surface area contributed by atoms with Crippen molar-refractivity contribution in [2.75, 3.05) is 18.5 Å². The smallest absolute Gasteiger partial charge is 0.251 e. The largest absolute Gasteiger partial charge is 0.412 e. The van der Waals surface area contributed by atoms with Gasteiger partial charge in [-0.25, -0.2) is 0 Å². The highest BCUT2D eigenvalue weighted by atomic mass is 35.5. The maximum absolute atomic E-state index is 6.24. The molecule has 0 spiro atoms. The first-order valence-corrected chi connectivity index (χ1v) is 9.88. The molecular weight excluding hydrogens is 321 g/mol. The van der Waals surface area contributed by atoms with Crippen LogP contribution in [0.15, 0.2) is 30.3 Å². The van der Waals surface area contributed by atoms with Crippen molar-refractivity contribution in [2.45, 2.75) is 28.3 Å². The van der Waals surface area contributed by atoms with Gasteiger partial charge in [-0.15, -0.1) is 34.8 Å². The molecule has 2 rings (SSSR count). The van der Waals surface area contributed by atoms with Crippen LogP contribution in [0.3, 0.4) is 0 Å². The molecule has 0 amide bonds. The van der Waals surface area contributed by atoms with E-state index < -0.39 is 12.3 Å². The first-order valence-electron chi connectivity index (χ1n) is 6.49. The average Bonchev–Trinajstić information content (AvgIpc) is 2.82. The Morgan fingerprint density at radius 1 is 1.32 bits per heavy atom. The van der Waals surface area contributed by atoms with Crippen molar-refractivity contribution in [3.05, 3.63) is 30.3 Å². The van der Waals surface area contributed by atoms with Crippen molar-refractivity contribution >= 4 is 48.8 Å². The number of rotatable bonds is 7. The third kappa shape index (κ3) is 3.06. The molecule has 1 aliphatic rings. The van der Waals surface area contributed by atoms with Gasteiger partial charge in [0, 0.05) is 18.8 Å². The van der Waals surface area contributed by atoms with Crippen LogP contribution in [0.1, 0.15) is 13.3 Å². The molecule has 0 radical (unpaired) electrons. The van der Waals surface area contributed by atoms with Gasteiger partial charge in [0.2, 0.25) is 0 Å². The van der Waals surface area contributed by atoms with E-state index in [4.69, 9.17) is 39.2 Å². The van der Waals surface area contributed by atoms with E-state index in [-0.39, 0.29) is 5.00 Å². The lowest BCUT2D eigenvalue weighted by atomic mass is 10.3. The summed E-state index contributed by atoms with van der Waals surface area (Å²) in [5.41, 5.74) is 1.12. The van der Waals surface area contributed by atoms with Gasteiger partial charge in [0.25, 0.3) is 8.32 Å². The number of anilines is 1. The second kappa shape index (κ2) is 6.23. The summed E-state index contributed by atoms with van der Waals surface area (Å²) >= 11 is 18.7. The average molecular weight is 339 g/mol. The summed E-state index contributed by atoms with van der Waals surface area (Å²) in [5.74, 6) is 0. The molecular formula is C13H18Cl3NOSi. The summed E-state index contributed by atoms with van der Waals surface area (Å²) in [6, 6.07) is 11.0. The van der Waals surface area contributed by atoms with Gasteiger partial charge in [0.1, 0.15) is 0 Å². The third-order valence-corrected chi connectivity index (χ3v) is 12.2. The van der Waals surface area contributed by atoms with Crippen LogP contribution in [0.25, 0.3) is 0 Å². The van der Waals surface area contributed by atoms with Crippen LogP contribution in [0.5, 0.6) is 0 Å². The van der Waals surface area contributed by atoms with Crippen molar-refractivity contribution in [3.63, 3.8) is 0 Å². The van der Waals surface area contributed by atoms with Crippen LogP contribution in [0.4, 0.5) is 5.69 Å². The maximum atomic E-state index is 6.24. The molecule has 2 unspecified atom stereocenters. The zero-order valence-electron chi connectivity index (χ0n) is 10.8. The second-order valence-corrected chi connectivity index (χ2v) is 11.5. The second-order valence-electron chi connectivity index (χ2n) is 4.70. The molecule has 1 heterocycles. The van der Waals surface area contributed by atoms with Gasteiger partial charge in [0.15, 0.2) is 3.96 Å². The Labute approximate surface area is 130 Å². The van der Waals surface area contributed by atoms with Gasteiger partial charge in [-0.2, -0.15) is 0 Å². The Morgan fingerprint density at radius 3 is 2.47 bits per heavy atom. The molecule has 2 atom stereocenters. The van der Waals surface area contributed by atoms with Crippen LogP contribution in [0, 0.1) is 0 Å². The number of alkyl halides is 3. The molecule has 1 fully saturated rings. The normalized spacial score (nSPS) is 28.1. The first kappa shape index (κ1) is 15.5. The summed E-state index contributed by atoms with van der Waals surface area (Å²) in [6.45, 7) is 3.46. The lowest BCUT2D eigenvalue weighted by Crippen LogP contribution is -2.30. The van der Waals surface area contributed by atoms with Gasteiger partial charge in [-0.3, -0.25) is 0 Å². The summed E-state index contributed by atoms with van der Waals surface area (Å²) in [4.78, 5) is 0. The number of halogens is 3. The van der Waals surface area contributed by atoms with Crippen LogP contribution < -0.4 is 5.32 Å². The van der Waals surface area contributed by atoms with Gasteiger partial charge >= 0.3 is 0 Å². The van der Waals surface area contributed by atoms with Crippen molar-refractivity contribution in [3.8, 4) is 0 Å². The SMILES string of the molecule is CCO[Si]1(CCCNc2ccccc2)C(Cl)C1(Cl)Cl. The molecule has 106 valence electrons. The van der Waals surface area contributed by atoms with Gasteiger partial charge in [0.05, 0.1) is 5.00 Å². The number of nitrogens with one attached hydrogen (secondary N) is 1. The lowest BCUT2D eigenvalue weighted by Gasteiger charge is -2.16. The van der Waals surface area contributed by atoms with Crippen LogP contribution >= 0.6 is 34.8 Å². The highest BCUT2D eigenvalue weighted by molar-refractivity contribution is 7.11. The van der Waals surface area contributed by atoms with Crippen molar-refractivity contribution in [1.29, 1.82) is 0 Å². The Kier molecular flexibility index (Phi) is 5.07. The summed E-state index contributed by atoms with van der Waals surface area (Å²) in [5, 5.41) is 3.17. The molecule has 1 aromatic carbocycles. The summed E-state index contributed by atoms with van der Waals surface area (Å²) in [7, 11) is -2.17. The monoisotopic (exact) mass is 337 g/mol. The number of hydrogen-bond acceptors (Lipinski definition) is 2. The molecule has 1 N–H and O–H groups in total. The fourth-order valence-electron chi connectivity index (χ4n) is 2.32. The molecule has 0 aromatic heterocycles. The minimum Gasteiger partial charge on any atom is -0.412 e. The predicted molar refractivity (Wildman–Crippen MR) is 85.8 cm³/mol. The molecule has 1 aromatic rings. The molecule has 1 aliphatic heterocycles. The molecule has 0 bridgehead atoms. The molecule has 19 heavy (non-hydrogen) atoms. The Morgan fingerprint density at radius 2 is 1.95 bits per heavy atom. The van der Waals surface area contributed by atoms with Gasteiger partial charge in [-0.1, -0.05) is 18.2 Å². The van der Waals surface area contributed by atoms with Crippen molar-refractivity contribution in [1.82, 2.24) is 0 Å². The van der Waals surface area contributed by atoms with Crippen molar-refractivity contribution < 1.29 is 4.43 Å². The number of benzene rings is 1. The minimum absolute atomic E-state index is 0.194.